The van der Waals surface area contributed by atoms with E-state index in [4.69, 9.17) is 5.26 Å². The van der Waals surface area contributed by atoms with E-state index in [1.807, 2.05) is 0 Å². The molecule has 0 bridgehead atoms. The van der Waals surface area contributed by atoms with Crippen LogP contribution in [0.2, 0.25) is 0 Å². The first kappa shape index (κ1) is 14.5. The van der Waals surface area contributed by atoms with E-state index >= 15 is 0 Å². The molecule has 1 amide bonds. The summed E-state index contributed by atoms with van der Waals surface area (Å²) in [5, 5.41) is 11.7. The minimum absolute atomic E-state index is 0.00381. The number of nitriles is 1. The van der Waals surface area contributed by atoms with Crippen molar-refractivity contribution < 1.29 is 14.0 Å². The number of hydrogen-bond acceptors (Lipinski definition) is 3. The Labute approximate surface area is 120 Å². The number of halogens is 1. The molecule has 0 unspecified atom stereocenters. The van der Waals surface area contributed by atoms with Crippen molar-refractivity contribution in [1.29, 1.82) is 5.26 Å². The van der Waals surface area contributed by atoms with Crippen LogP contribution in [0, 0.1) is 17.1 Å². The maximum atomic E-state index is 13.8. The van der Waals surface area contributed by atoms with Gasteiger partial charge < -0.3 is 10.3 Å². The van der Waals surface area contributed by atoms with Gasteiger partial charge in [-0.15, -0.1) is 0 Å². The highest BCUT2D eigenvalue weighted by atomic mass is 19.1. The maximum Gasteiger partial charge on any atom is 0.221 e. The van der Waals surface area contributed by atoms with Crippen LogP contribution in [0.3, 0.4) is 0 Å². The molecule has 0 spiro atoms. The lowest BCUT2D eigenvalue weighted by atomic mass is 10.1. The SMILES string of the molecule is C/C=C(\C#N)C(=O)c1cc2cc(F)c(NC(C)=O)cc2[nH]1. The van der Waals surface area contributed by atoms with Gasteiger partial charge in [0.1, 0.15) is 11.9 Å². The molecule has 2 aromatic rings. The van der Waals surface area contributed by atoms with Gasteiger partial charge in [0.15, 0.2) is 0 Å². The van der Waals surface area contributed by atoms with Crippen molar-refractivity contribution in [3.05, 3.63) is 41.4 Å². The van der Waals surface area contributed by atoms with Gasteiger partial charge in [-0.25, -0.2) is 4.39 Å². The minimum atomic E-state index is -0.595. The molecule has 5 nitrogen and oxygen atoms in total. The highest BCUT2D eigenvalue weighted by Crippen LogP contribution is 2.24. The summed E-state index contributed by atoms with van der Waals surface area (Å²) in [5.74, 6) is -1.45. The van der Waals surface area contributed by atoms with Crippen LogP contribution < -0.4 is 5.32 Å². The summed E-state index contributed by atoms with van der Waals surface area (Å²) in [6.07, 6.45) is 1.41. The number of allylic oxidation sites excluding steroid dienone is 2. The molecule has 1 heterocycles. The molecule has 21 heavy (non-hydrogen) atoms. The summed E-state index contributed by atoms with van der Waals surface area (Å²) < 4.78 is 13.8. The second kappa shape index (κ2) is 5.59. The van der Waals surface area contributed by atoms with E-state index in [-0.39, 0.29) is 17.0 Å². The van der Waals surface area contributed by atoms with Crippen LogP contribution in [-0.2, 0) is 4.79 Å². The standard InChI is InChI=1S/C15H12FN3O2/c1-3-9(7-17)15(21)14-5-10-4-11(16)13(18-8(2)20)6-12(10)19-14/h3-6,19H,1-2H3,(H,18,20)/b9-3+. The second-order valence-electron chi connectivity index (χ2n) is 4.43. The summed E-state index contributed by atoms with van der Waals surface area (Å²) in [4.78, 5) is 25.9. The number of aromatic nitrogens is 1. The molecule has 1 aromatic carbocycles. The zero-order valence-corrected chi connectivity index (χ0v) is 11.5. The number of hydrogen-bond donors (Lipinski definition) is 2. The molecule has 6 heteroatoms. The molecule has 106 valence electrons. The van der Waals surface area contributed by atoms with Gasteiger partial charge in [-0.05, 0) is 25.1 Å². The molecule has 0 aliphatic carbocycles. The normalized spacial score (nSPS) is 11.2. The van der Waals surface area contributed by atoms with Crippen molar-refractivity contribution >= 4 is 28.3 Å². The fourth-order valence-corrected chi connectivity index (χ4v) is 1.95. The molecular formula is C15H12FN3O2. The third-order valence-corrected chi connectivity index (χ3v) is 2.92. The van der Waals surface area contributed by atoms with Gasteiger partial charge in [-0.2, -0.15) is 5.26 Å². The van der Waals surface area contributed by atoms with Crippen LogP contribution in [0.25, 0.3) is 10.9 Å². The third-order valence-electron chi connectivity index (χ3n) is 2.92. The Morgan fingerprint density at radius 1 is 1.38 bits per heavy atom. The summed E-state index contributed by atoms with van der Waals surface area (Å²) in [6.45, 7) is 2.87. The number of fused-ring (bicyclic) bond motifs is 1. The predicted molar refractivity (Wildman–Crippen MR) is 76.3 cm³/mol. The van der Waals surface area contributed by atoms with E-state index in [0.717, 1.165) is 0 Å². The smallest absolute Gasteiger partial charge is 0.221 e. The van der Waals surface area contributed by atoms with Crippen LogP contribution in [-0.4, -0.2) is 16.7 Å². The number of aromatic amines is 1. The van der Waals surface area contributed by atoms with Crippen LogP contribution in [0.5, 0.6) is 0 Å². The number of Topliss-reactive ketones (excluding diaryl/α,β-unsaturated/α-hetero) is 1. The number of nitrogens with one attached hydrogen (secondary N) is 2. The van der Waals surface area contributed by atoms with Gasteiger partial charge in [0, 0.05) is 17.8 Å². The number of amides is 1. The molecule has 0 saturated heterocycles. The fraction of sp³-hybridized carbons (Fsp3) is 0.133. The van der Waals surface area contributed by atoms with Gasteiger partial charge in [-0.3, -0.25) is 9.59 Å². The lowest BCUT2D eigenvalue weighted by Gasteiger charge is -2.03. The monoisotopic (exact) mass is 285 g/mol. The largest absolute Gasteiger partial charge is 0.352 e. The van der Waals surface area contributed by atoms with Crippen molar-refractivity contribution in [2.75, 3.05) is 5.32 Å². The highest BCUT2D eigenvalue weighted by Gasteiger charge is 2.15. The first-order valence-corrected chi connectivity index (χ1v) is 6.17. The van der Waals surface area contributed by atoms with Gasteiger partial charge >= 0.3 is 0 Å². The molecular weight excluding hydrogens is 273 g/mol. The molecule has 2 N–H and O–H groups in total. The average Bonchev–Trinajstić information content (AvgIpc) is 2.82. The Bertz CT molecular complexity index is 812. The van der Waals surface area contributed by atoms with Crippen LogP contribution in [0.4, 0.5) is 10.1 Å². The predicted octanol–water partition coefficient (Wildman–Crippen LogP) is 2.92. The van der Waals surface area contributed by atoms with E-state index in [0.29, 0.717) is 10.9 Å². The number of carbonyl (C=O) groups excluding carboxylic acids is 2. The van der Waals surface area contributed by atoms with Gasteiger partial charge in [-0.1, -0.05) is 6.08 Å². The van der Waals surface area contributed by atoms with Crippen molar-refractivity contribution in [2.24, 2.45) is 0 Å². The number of rotatable bonds is 3. The average molecular weight is 285 g/mol. The quantitative estimate of drug-likeness (QED) is 0.516. The van der Waals surface area contributed by atoms with Crippen molar-refractivity contribution in [3.8, 4) is 6.07 Å². The zero-order valence-electron chi connectivity index (χ0n) is 11.5. The first-order valence-electron chi connectivity index (χ1n) is 6.17. The molecule has 2 rings (SSSR count). The minimum Gasteiger partial charge on any atom is -0.352 e. The Morgan fingerprint density at radius 3 is 2.67 bits per heavy atom. The summed E-state index contributed by atoms with van der Waals surface area (Å²) in [5.41, 5.74) is 0.724. The Balaban J connectivity index is 2.50. The number of carbonyl (C=O) groups is 2. The summed E-state index contributed by atoms with van der Waals surface area (Å²) in [6, 6.07) is 5.90. The lowest BCUT2D eigenvalue weighted by molar-refractivity contribution is -0.114. The Kier molecular flexibility index (Phi) is 3.85. The topological polar surface area (TPSA) is 85.8 Å². The highest BCUT2D eigenvalue weighted by molar-refractivity contribution is 6.12. The van der Waals surface area contributed by atoms with Crippen molar-refractivity contribution in [3.63, 3.8) is 0 Å². The number of nitrogens with zero attached hydrogens (tertiary/aromatic N) is 1. The zero-order chi connectivity index (χ0) is 15.6. The van der Waals surface area contributed by atoms with E-state index < -0.39 is 17.5 Å². The summed E-state index contributed by atoms with van der Waals surface area (Å²) in [7, 11) is 0. The number of anilines is 1. The summed E-state index contributed by atoms with van der Waals surface area (Å²) >= 11 is 0. The van der Waals surface area contributed by atoms with Crippen molar-refractivity contribution in [1.82, 2.24) is 4.98 Å². The molecule has 0 atom stereocenters. The molecule has 1 aromatic heterocycles. The molecule has 0 radical (unpaired) electrons. The van der Waals surface area contributed by atoms with E-state index in [1.165, 1.54) is 31.2 Å². The van der Waals surface area contributed by atoms with Crippen LogP contribution in [0.15, 0.2) is 29.8 Å². The van der Waals surface area contributed by atoms with Crippen molar-refractivity contribution in [2.45, 2.75) is 13.8 Å². The third kappa shape index (κ3) is 2.82. The van der Waals surface area contributed by atoms with E-state index in [1.54, 1.807) is 13.0 Å². The number of benzene rings is 1. The van der Waals surface area contributed by atoms with Gasteiger partial charge in [0.2, 0.25) is 11.7 Å². The van der Waals surface area contributed by atoms with E-state index in [9.17, 15) is 14.0 Å². The number of H-pyrrole nitrogens is 1. The second-order valence-corrected chi connectivity index (χ2v) is 4.43. The molecule has 0 fully saturated rings. The Morgan fingerprint density at radius 2 is 2.10 bits per heavy atom. The van der Waals surface area contributed by atoms with Gasteiger partial charge in [0.25, 0.3) is 0 Å². The Hall–Kier alpha value is -2.94. The fourth-order valence-electron chi connectivity index (χ4n) is 1.95. The van der Waals surface area contributed by atoms with E-state index in [2.05, 4.69) is 10.3 Å². The first-order chi connectivity index (χ1) is 9.96. The molecule has 0 aliphatic heterocycles. The van der Waals surface area contributed by atoms with Crippen LogP contribution >= 0.6 is 0 Å². The number of ketones is 1. The maximum absolute atomic E-state index is 13.8. The molecule has 0 saturated carbocycles. The van der Waals surface area contributed by atoms with Crippen LogP contribution in [0.1, 0.15) is 24.3 Å². The lowest BCUT2D eigenvalue weighted by Crippen LogP contribution is -2.07. The molecule has 0 aliphatic rings. The van der Waals surface area contributed by atoms with Gasteiger partial charge in [0.05, 0.1) is 17.0 Å².